The molecule has 2 aliphatic heterocycles. The molecule has 2 aliphatic rings. The Labute approximate surface area is 198 Å². The molecular weight excluding hydrogens is 436 g/mol. The summed E-state index contributed by atoms with van der Waals surface area (Å²) in [4.78, 5) is 29.3. The van der Waals surface area contributed by atoms with Crippen LogP contribution in [0.25, 0.3) is 11.3 Å². The normalized spacial score (nSPS) is 16.7. The van der Waals surface area contributed by atoms with E-state index in [9.17, 15) is 9.59 Å². The summed E-state index contributed by atoms with van der Waals surface area (Å²) in [5.41, 5.74) is 3.40. The number of anilines is 1. The molecule has 0 bridgehead atoms. The van der Waals surface area contributed by atoms with Crippen molar-refractivity contribution in [3.8, 4) is 11.3 Å². The number of benzene rings is 2. The predicted octanol–water partition coefficient (Wildman–Crippen LogP) is 5.01. The molecule has 33 heavy (non-hydrogen) atoms. The lowest BCUT2D eigenvalue weighted by atomic mass is 9.98. The standard InChI is InChI=1S/C26H27ClN4O2/c1-18-9-12-29(13-10-18)26(33)20-7-5-19(6-8-20)17-30-24-16-23(21-3-2-4-22(27)15-21)28-31(24)14-11-25(30)32/h2-8,15-16,18H,9-14,17H2,1H3. The molecule has 6 nitrogen and oxygen atoms in total. The number of fused-ring (bicyclic) bond motifs is 1. The van der Waals surface area contributed by atoms with Gasteiger partial charge in [0.15, 0.2) is 0 Å². The van der Waals surface area contributed by atoms with Gasteiger partial charge in [0, 0.05) is 41.7 Å². The Kier molecular flexibility index (Phi) is 5.94. The Hall–Kier alpha value is -3.12. The van der Waals surface area contributed by atoms with Crippen molar-refractivity contribution in [1.82, 2.24) is 14.7 Å². The van der Waals surface area contributed by atoms with E-state index in [-0.39, 0.29) is 11.8 Å². The highest BCUT2D eigenvalue weighted by atomic mass is 35.5. The van der Waals surface area contributed by atoms with Crippen LogP contribution in [0.5, 0.6) is 0 Å². The first kappa shape index (κ1) is 21.7. The third kappa shape index (κ3) is 4.53. The van der Waals surface area contributed by atoms with E-state index < -0.39 is 0 Å². The van der Waals surface area contributed by atoms with Gasteiger partial charge in [-0.3, -0.25) is 14.5 Å². The highest BCUT2D eigenvalue weighted by molar-refractivity contribution is 6.30. The molecule has 2 aromatic carbocycles. The van der Waals surface area contributed by atoms with Crippen molar-refractivity contribution in [3.63, 3.8) is 0 Å². The van der Waals surface area contributed by atoms with E-state index in [0.29, 0.717) is 36.0 Å². The van der Waals surface area contributed by atoms with Crippen LogP contribution in [0.15, 0.2) is 54.6 Å². The minimum atomic E-state index is 0.0719. The van der Waals surface area contributed by atoms with Gasteiger partial charge >= 0.3 is 0 Å². The number of aryl methyl sites for hydroxylation is 1. The molecule has 0 atom stereocenters. The van der Waals surface area contributed by atoms with Crippen molar-refractivity contribution in [3.05, 3.63) is 70.7 Å². The summed E-state index contributed by atoms with van der Waals surface area (Å²) < 4.78 is 1.88. The number of likely N-dealkylation sites (tertiary alicyclic amines) is 1. The Morgan fingerprint density at radius 3 is 2.55 bits per heavy atom. The highest BCUT2D eigenvalue weighted by Gasteiger charge is 2.27. The van der Waals surface area contributed by atoms with Crippen molar-refractivity contribution in [1.29, 1.82) is 0 Å². The maximum atomic E-state index is 12.8. The third-order valence-electron chi connectivity index (χ3n) is 6.61. The van der Waals surface area contributed by atoms with Crippen LogP contribution in [0.1, 0.15) is 42.1 Å². The van der Waals surface area contributed by atoms with Crippen LogP contribution in [0.2, 0.25) is 5.02 Å². The van der Waals surface area contributed by atoms with Gasteiger partial charge < -0.3 is 4.90 Å². The second kappa shape index (κ2) is 9.02. The fraction of sp³-hybridized carbons (Fsp3) is 0.346. The van der Waals surface area contributed by atoms with E-state index >= 15 is 0 Å². The number of carbonyl (C=O) groups excluding carboxylic acids is 2. The zero-order valence-corrected chi connectivity index (χ0v) is 19.5. The van der Waals surface area contributed by atoms with Crippen LogP contribution in [0.3, 0.4) is 0 Å². The van der Waals surface area contributed by atoms with E-state index in [4.69, 9.17) is 16.7 Å². The summed E-state index contributed by atoms with van der Waals surface area (Å²) in [5.74, 6) is 1.63. The molecule has 7 heteroatoms. The van der Waals surface area contributed by atoms with Gasteiger partial charge in [0.25, 0.3) is 5.91 Å². The molecule has 1 aromatic heterocycles. The number of aromatic nitrogens is 2. The molecule has 1 fully saturated rings. The Bertz CT molecular complexity index is 1180. The fourth-order valence-electron chi connectivity index (χ4n) is 4.54. The minimum Gasteiger partial charge on any atom is -0.339 e. The Morgan fingerprint density at radius 2 is 1.82 bits per heavy atom. The monoisotopic (exact) mass is 462 g/mol. The van der Waals surface area contributed by atoms with E-state index in [0.717, 1.165) is 48.6 Å². The summed E-state index contributed by atoms with van der Waals surface area (Å²) in [6.07, 6.45) is 2.53. The molecule has 1 saturated heterocycles. The molecule has 0 spiro atoms. The van der Waals surface area contributed by atoms with Crippen molar-refractivity contribution >= 4 is 29.2 Å². The molecular formula is C26H27ClN4O2. The van der Waals surface area contributed by atoms with Gasteiger partial charge in [-0.2, -0.15) is 5.10 Å². The number of rotatable bonds is 4. The number of carbonyl (C=O) groups is 2. The van der Waals surface area contributed by atoms with Gasteiger partial charge in [-0.1, -0.05) is 42.8 Å². The van der Waals surface area contributed by atoms with Crippen LogP contribution in [-0.2, 0) is 17.9 Å². The Balaban J connectivity index is 1.33. The SMILES string of the molecule is CC1CCN(C(=O)c2ccc(CN3C(=O)CCn4nc(-c5cccc(Cl)c5)cc43)cc2)CC1. The molecule has 3 heterocycles. The van der Waals surface area contributed by atoms with Crippen LogP contribution >= 0.6 is 11.6 Å². The van der Waals surface area contributed by atoms with E-state index in [1.807, 2.05) is 64.2 Å². The molecule has 2 amide bonds. The summed E-state index contributed by atoms with van der Waals surface area (Å²) in [7, 11) is 0. The largest absolute Gasteiger partial charge is 0.339 e. The lowest BCUT2D eigenvalue weighted by molar-refractivity contribution is -0.119. The van der Waals surface area contributed by atoms with Gasteiger partial charge in [-0.25, -0.2) is 4.68 Å². The first-order valence-electron chi connectivity index (χ1n) is 11.5. The average molecular weight is 463 g/mol. The van der Waals surface area contributed by atoms with Crippen LogP contribution in [0.4, 0.5) is 5.82 Å². The lowest BCUT2D eigenvalue weighted by Crippen LogP contribution is -2.38. The van der Waals surface area contributed by atoms with E-state index in [1.165, 1.54) is 0 Å². The van der Waals surface area contributed by atoms with Gasteiger partial charge in [-0.15, -0.1) is 0 Å². The zero-order valence-electron chi connectivity index (χ0n) is 18.7. The number of piperidine rings is 1. The van der Waals surface area contributed by atoms with Crippen molar-refractivity contribution in [2.24, 2.45) is 5.92 Å². The zero-order chi connectivity index (χ0) is 22.9. The van der Waals surface area contributed by atoms with Gasteiger partial charge in [0.2, 0.25) is 5.91 Å². The molecule has 170 valence electrons. The number of nitrogens with zero attached hydrogens (tertiary/aromatic N) is 4. The van der Waals surface area contributed by atoms with Crippen molar-refractivity contribution in [2.45, 2.75) is 39.3 Å². The van der Waals surface area contributed by atoms with Crippen molar-refractivity contribution < 1.29 is 9.59 Å². The van der Waals surface area contributed by atoms with E-state index in [2.05, 4.69) is 6.92 Å². The second-order valence-corrected chi connectivity index (χ2v) is 9.46. The van der Waals surface area contributed by atoms with E-state index in [1.54, 1.807) is 4.90 Å². The number of halogens is 1. The lowest BCUT2D eigenvalue weighted by Gasteiger charge is -2.30. The van der Waals surface area contributed by atoms with Gasteiger partial charge in [0.05, 0.1) is 18.8 Å². The summed E-state index contributed by atoms with van der Waals surface area (Å²) >= 11 is 6.15. The van der Waals surface area contributed by atoms with Crippen LogP contribution in [0, 0.1) is 5.92 Å². The predicted molar refractivity (Wildman–Crippen MR) is 129 cm³/mol. The number of hydrogen-bond donors (Lipinski definition) is 0. The molecule has 0 N–H and O–H groups in total. The molecule has 0 unspecified atom stereocenters. The van der Waals surface area contributed by atoms with Gasteiger partial charge in [-0.05, 0) is 48.6 Å². The molecule has 5 rings (SSSR count). The van der Waals surface area contributed by atoms with Crippen molar-refractivity contribution in [2.75, 3.05) is 18.0 Å². The molecule has 0 aliphatic carbocycles. The highest BCUT2D eigenvalue weighted by Crippen LogP contribution is 2.30. The number of amides is 2. The summed E-state index contributed by atoms with van der Waals surface area (Å²) in [6, 6.07) is 17.1. The smallest absolute Gasteiger partial charge is 0.253 e. The number of hydrogen-bond acceptors (Lipinski definition) is 3. The van der Waals surface area contributed by atoms with Crippen LogP contribution in [-0.4, -0.2) is 39.6 Å². The summed E-state index contributed by atoms with van der Waals surface area (Å²) in [6.45, 7) is 4.89. The van der Waals surface area contributed by atoms with Crippen LogP contribution < -0.4 is 4.90 Å². The average Bonchev–Trinajstić information content (AvgIpc) is 3.26. The fourth-order valence-corrected chi connectivity index (χ4v) is 4.73. The third-order valence-corrected chi connectivity index (χ3v) is 6.84. The molecule has 0 saturated carbocycles. The summed E-state index contributed by atoms with van der Waals surface area (Å²) in [5, 5.41) is 5.35. The molecule has 3 aromatic rings. The Morgan fingerprint density at radius 1 is 1.06 bits per heavy atom. The topological polar surface area (TPSA) is 58.4 Å². The maximum absolute atomic E-state index is 12.8. The maximum Gasteiger partial charge on any atom is 0.253 e. The first-order valence-corrected chi connectivity index (χ1v) is 11.9. The first-order chi connectivity index (χ1) is 16.0. The molecule has 0 radical (unpaired) electrons. The van der Waals surface area contributed by atoms with Gasteiger partial charge in [0.1, 0.15) is 5.82 Å². The minimum absolute atomic E-state index is 0.0719. The second-order valence-electron chi connectivity index (χ2n) is 9.02. The quantitative estimate of drug-likeness (QED) is 0.547.